The minimum Gasteiger partial charge on any atom is -0.367 e. The summed E-state index contributed by atoms with van der Waals surface area (Å²) in [5.74, 6) is 0. The SMILES string of the molecule is c1ccc2c(c1)CC1CNCC2O1. The van der Waals surface area contributed by atoms with Crippen molar-refractivity contribution in [2.24, 2.45) is 0 Å². The molecule has 2 unspecified atom stereocenters. The smallest absolute Gasteiger partial charge is 0.0956 e. The van der Waals surface area contributed by atoms with Gasteiger partial charge in [0.1, 0.15) is 0 Å². The molecule has 0 spiro atoms. The molecule has 1 N–H and O–H groups in total. The Morgan fingerprint density at radius 2 is 2.15 bits per heavy atom. The van der Waals surface area contributed by atoms with Crippen molar-refractivity contribution in [3.8, 4) is 0 Å². The lowest BCUT2D eigenvalue weighted by atomic mass is 9.92. The van der Waals surface area contributed by atoms with Gasteiger partial charge in [-0.25, -0.2) is 0 Å². The van der Waals surface area contributed by atoms with Gasteiger partial charge in [-0.1, -0.05) is 24.3 Å². The van der Waals surface area contributed by atoms with Gasteiger partial charge in [-0.3, -0.25) is 0 Å². The van der Waals surface area contributed by atoms with Crippen LogP contribution in [0.3, 0.4) is 0 Å². The van der Waals surface area contributed by atoms with Crippen molar-refractivity contribution in [3.05, 3.63) is 35.4 Å². The average molecular weight is 175 g/mol. The van der Waals surface area contributed by atoms with Crippen molar-refractivity contribution in [1.82, 2.24) is 5.32 Å². The Morgan fingerprint density at radius 1 is 1.23 bits per heavy atom. The Bertz CT molecular complexity index is 324. The number of hydrogen-bond donors (Lipinski definition) is 1. The number of ether oxygens (including phenoxy) is 1. The molecular formula is C11H13NO. The van der Waals surface area contributed by atoms with E-state index in [-0.39, 0.29) is 0 Å². The molecule has 13 heavy (non-hydrogen) atoms. The first kappa shape index (κ1) is 7.54. The van der Waals surface area contributed by atoms with Crippen molar-refractivity contribution in [2.45, 2.75) is 18.6 Å². The van der Waals surface area contributed by atoms with Crippen LogP contribution in [-0.2, 0) is 11.2 Å². The highest BCUT2D eigenvalue weighted by Gasteiger charge is 2.30. The standard InChI is InChI=1S/C11H13NO/c1-2-4-10-8(3-1)5-9-6-12-7-11(10)13-9/h1-4,9,11-12H,5-7H2. The molecule has 0 aliphatic carbocycles. The van der Waals surface area contributed by atoms with E-state index in [0.29, 0.717) is 12.2 Å². The molecule has 1 saturated heterocycles. The van der Waals surface area contributed by atoms with Crippen LogP contribution in [0.15, 0.2) is 24.3 Å². The van der Waals surface area contributed by atoms with Gasteiger partial charge >= 0.3 is 0 Å². The molecule has 2 aliphatic heterocycles. The van der Waals surface area contributed by atoms with E-state index in [1.807, 2.05) is 0 Å². The Morgan fingerprint density at radius 3 is 3.15 bits per heavy atom. The Kier molecular flexibility index (Phi) is 1.64. The van der Waals surface area contributed by atoms with Crippen LogP contribution in [0.5, 0.6) is 0 Å². The van der Waals surface area contributed by atoms with E-state index in [0.717, 1.165) is 19.5 Å². The summed E-state index contributed by atoms with van der Waals surface area (Å²) in [7, 11) is 0. The normalized spacial score (nSPS) is 31.1. The fourth-order valence-electron chi connectivity index (χ4n) is 2.29. The number of morpholine rings is 1. The number of hydrogen-bond acceptors (Lipinski definition) is 2. The third kappa shape index (κ3) is 1.18. The molecule has 3 rings (SSSR count). The minimum atomic E-state index is 0.295. The van der Waals surface area contributed by atoms with E-state index >= 15 is 0 Å². The second-order valence-electron chi connectivity index (χ2n) is 3.81. The highest BCUT2D eigenvalue weighted by molar-refractivity contribution is 5.32. The molecule has 1 fully saturated rings. The lowest BCUT2D eigenvalue weighted by Crippen LogP contribution is -2.44. The first-order valence-corrected chi connectivity index (χ1v) is 4.87. The first-order valence-electron chi connectivity index (χ1n) is 4.87. The van der Waals surface area contributed by atoms with E-state index in [2.05, 4.69) is 29.6 Å². The van der Waals surface area contributed by atoms with Crippen LogP contribution < -0.4 is 5.32 Å². The summed E-state index contributed by atoms with van der Waals surface area (Å²) >= 11 is 0. The van der Waals surface area contributed by atoms with Gasteiger partial charge in [-0.2, -0.15) is 0 Å². The highest BCUT2D eigenvalue weighted by atomic mass is 16.5. The van der Waals surface area contributed by atoms with E-state index in [4.69, 9.17) is 4.74 Å². The van der Waals surface area contributed by atoms with E-state index in [1.54, 1.807) is 0 Å². The van der Waals surface area contributed by atoms with Crippen molar-refractivity contribution >= 4 is 0 Å². The topological polar surface area (TPSA) is 21.3 Å². The lowest BCUT2D eigenvalue weighted by molar-refractivity contribution is -0.0493. The Balaban J connectivity index is 2.06. The molecule has 2 bridgehead atoms. The fraction of sp³-hybridized carbons (Fsp3) is 0.455. The van der Waals surface area contributed by atoms with Gasteiger partial charge in [-0.05, 0) is 11.1 Å². The largest absolute Gasteiger partial charge is 0.367 e. The number of nitrogens with one attached hydrogen (secondary N) is 1. The molecule has 2 aliphatic rings. The van der Waals surface area contributed by atoms with Crippen LogP contribution in [-0.4, -0.2) is 19.2 Å². The van der Waals surface area contributed by atoms with Crippen LogP contribution >= 0.6 is 0 Å². The maximum atomic E-state index is 5.89. The zero-order valence-electron chi connectivity index (χ0n) is 7.49. The summed E-state index contributed by atoms with van der Waals surface area (Å²) in [6, 6.07) is 8.62. The van der Waals surface area contributed by atoms with Gasteiger partial charge in [0.15, 0.2) is 0 Å². The molecule has 2 heterocycles. The summed E-state index contributed by atoms with van der Waals surface area (Å²) < 4.78 is 5.89. The summed E-state index contributed by atoms with van der Waals surface area (Å²) in [5, 5.41) is 3.40. The monoisotopic (exact) mass is 175 g/mol. The molecule has 2 nitrogen and oxygen atoms in total. The van der Waals surface area contributed by atoms with Gasteiger partial charge in [0, 0.05) is 19.5 Å². The maximum Gasteiger partial charge on any atom is 0.0956 e. The predicted octanol–water partition coefficient (Wildman–Crippen LogP) is 1.27. The predicted molar refractivity (Wildman–Crippen MR) is 50.6 cm³/mol. The van der Waals surface area contributed by atoms with Gasteiger partial charge in [0.2, 0.25) is 0 Å². The molecule has 2 atom stereocenters. The Labute approximate surface area is 77.9 Å². The van der Waals surface area contributed by atoms with Gasteiger partial charge in [-0.15, -0.1) is 0 Å². The summed E-state index contributed by atoms with van der Waals surface area (Å²) in [4.78, 5) is 0. The fourth-order valence-corrected chi connectivity index (χ4v) is 2.29. The zero-order chi connectivity index (χ0) is 8.67. The van der Waals surface area contributed by atoms with E-state index < -0.39 is 0 Å². The quantitative estimate of drug-likeness (QED) is 0.641. The van der Waals surface area contributed by atoms with Crippen molar-refractivity contribution in [3.63, 3.8) is 0 Å². The molecule has 1 aromatic carbocycles. The number of fused-ring (bicyclic) bond motifs is 4. The molecule has 68 valence electrons. The molecule has 0 amide bonds. The third-order valence-electron chi connectivity index (χ3n) is 2.91. The molecule has 1 aromatic rings. The van der Waals surface area contributed by atoms with Crippen LogP contribution in [0.1, 0.15) is 17.2 Å². The minimum absolute atomic E-state index is 0.295. The van der Waals surface area contributed by atoms with Crippen LogP contribution in [0.25, 0.3) is 0 Å². The van der Waals surface area contributed by atoms with Gasteiger partial charge < -0.3 is 10.1 Å². The third-order valence-corrected chi connectivity index (χ3v) is 2.91. The van der Waals surface area contributed by atoms with Gasteiger partial charge in [0.05, 0.1) is 12.2 Å². The van der Waals surface area contributed by atoms with Crippen molar-refractivity contribution < 1.29 is 4.74 Å². The molecule has 2 heteroatoms. The van der Waals surface area contributed by atoms with Crippen LogP contribution in [0.4, 0.5) is 0 Å². The number of benzene rings is 1. The maximum absolute atomic E-state index is 5.89. The van der Waals surface area contributed by atoms with Crippen molar-refractivity contribution in [1.29, 1.82) is 0 Å². The highest BCUT2D eigenvalue weighted by Crippen LogP contribution is 2.31. The van der Waals surface area contributed by atoms with Crippen LogP contribution in [0, 0.1) is 0 Å². The zero-order valence-corrected chi connectivity index (χ0v) is 7.49. The molecule has 0 aromatic heterocycles. The van der Waals surface area contributed by atoms with Crippen molar-refractivity contribution in [2.75, 3.05) is 13.1 Å². The molecule has 0 saturated carbocycles. The van der Waals surface area contributed by atoms with E-state index in [1.165, 1.54) is 11.1 Å². The lowest BCUT2D eigenvalue weighted by Gasteiger charge is -2.37. The average Bonchev–Trinajstić information content (AvgIpc) is 2.18. The summed E-state index contributed by atoms with van der Waals surface area (Å²) in [5.41, 5.74) is 2.86. The second kappa shape index (κ2) is 2.82. The Hall–Kier alpha value is -0.860. The van der Waals surface area contributed by atoms with Crippen LogP contribution in [0.2, 0.25) is 0 Å². The van der Waals surface area contributed by atoms with Gasteiger partial charge in [0.25, 0.3) is 0 Å². The first-order chi connectivity index (χ1) is 6.43. The number of rotatable bonds is 0. The molecule has 0 radical (unpaired) electrons. The summed E-state index contributed by atoms with van der Waals surface area (Å²) in [6.07, 6.45) is 1.76. The summed E-state index contributed by atoms with van der Waals surface area (Å²) in [6.45, 7) is 1.97. The van der Waals surface area contributed by atoms with E-state index in [9.17, 15) is 0 Å². The molecular weight excluding hydrogens is 162 g/mol. The second-order valence-corrected chi connectivity index (χ2v) is 3.81.